The second-order valence-electron chi connectivity index (χ2n) is 6.31. The van der Waals surface area contributed by atoms with Crippen molar-refractivity contribution in [2.45, 2.75) is 6.54 Å². The molecule has 0 aliphatic carbocycles. The van der Waals surface area contributed by atoms with E-state index in [2.05, 4.69) is 0 Å². The summed E-state index contributed by atoms with van der Waals surface area (Å²) in [5, 5.41) is 12.8. The van der Waals surface area contributed by atoms with Crippen LogP contribution in [0.3, 0.4) is 0 Å². The highest BCUT2D eigenvalue weighted by Crippen LogP contribution is 2.26. The van der Waals surface area contributed by atoms with Crippen LogP contribution in [-0.2, 0) is 11.3 Å². The second-order valence-corrected chi connectivity index (χ2v) is 6.31. The fraction of sp³-hybridized carbons (Fsp3) is 0.100. The van der Waals surface area contributed by atoms with Gasteiger partial charge in [0.25, 0.3) is 5.69 Å². The predicted octanol–water partition coefficient (Wildman–Crippen LogP) is 3.32. The third-order valence-corrected chi connectivity index (χ3v) is 4.66. The average Bonchev–Trinajstić information content (AvgIpc) is 3.01. The molecular formula is C20H15N3O5. The van der Waals surface area contributed by atoms with Crippen LogP contribution in [0.25, 0.3) is 21.9 Å². The topological polar surface area (TPSA) is 98.6 Å². The van der Waals surface area contributed by atoms with Gasteiger partial charge < -0.3 is 9.32 Å². The van der Waals surface area contributed by atoms with E-state index in [1.807, 2.05) is 42.5 Å². The maximum Gasteiger partial charge on any atom is 0.420 e. The van der Waals surface area contributed by atoms with Crippen LogP contribution in [0.15, 0.2) is 69.9 Å². The Kier molecular flexibility index (Phi) is 4.15. The van der Waals surface area contributed by atoms with Gasteiger partial charge in [0, 0.05) is 18.5 Å². The maximum atomic E-state index is 12.8. The van der Waals surface area contributed by atoms with Crippen LogP contribution in [0.4, 0.5) is 11.4 Å². The number of nitro benzene ring substituents is 1. The maximum absolute atomic E-state index is 12.8. The normalized spacial score (nSPS) is 11.0. The van der Waals surface area contributed by atoms with Gasteiger partial charge >= 0.3 is 5.76 Å². The van der Waals surface area contributed by atoms with Crippen LogP contribution in [0.2, 0.25) is 0 Å². The molecule has 3 aromatic carbocycles. The number of rotatable bonds is 4. The number of carbonyl (C=O) groups excluding carboxylic acids is 1. The summed E-state index contributed by atoms with van der Waals surface area (Å²) in [6.45, 7) is -0.247. The van der Waals surface area contributed by atoms with Crippen molar-refractivity contribution >= 4 is 39.2 Å². The van der Waals surface area contributed by atoms with Crippen molar-refractivity contribution in [3.8, 4) is 0 Å². The summed E-state index contributed by atoms with van der Waals surface area (Å²) in [6, 6.07) is 17.2. The Balaban J connectivity index is 1.69. The third kappa shape index (κ3) is 2.90. The van der Waals surface area contributed by atoms with Crippen molar-refractivity contribution < 1.29 is 14.1 Å². The molecule has 1 amide bonds. The zero-order chi connectivity index (χ0) is 19.8. The van der Waals surface area contributed by atoms with Gasteiger partial charge in [0.1, 0.15) is 6.54 Å². The molecule has 0 fully saturated rings. The van der Waals surface area contributed by atoms with E-state index in [9.17, 15) is 19.7 Å². The average molecular weight is 377 g/mol. The molecule has 28 heavy (non-hydrogen) atoms. The zero-order valence-electron chi connectivity index (χ0n) is 14.9. The molecule has 4 rings (SSSR count). The molecule has 4 aromatic rings. The summed E-state index contributed by atoms with van der Waals surface area (Å²) in [5.41, 5.74) is 0.933. The lowest BCUT2D eigenvalue weighted by Gasteiger charge is -2.19. The molecule has 0 bridgehead atoms. The van der Waals surface area contributed by atoms with Crippen molar-refractivity contribution in [3.63, 3.8) is 0 Å². The van der Waals surface area contributed by atoms with E-state index in [-0.39, 0.29) is 23.7 Å². The fourth-order valence-corrected chi connectivity index (χ4v) is 3.19. The Morgan fingerprint density at radius 3 is 2.68 bits per heavy atom. The van der Waals surface area contributed by atoms with Crippen LogP contribution < -0.4 is 10.7 Å². The van der Waals surface area contributed by atoms with Crippen molar-refractivity contribution in [2.75, 3.05) is 11.9 Å². The first kappa shape index (κ1) is 17.5. The number of hydrogen-bond acceptors (Lipinski definition) is 5. The van der Waals surface area contributed by atoms with Gasteiger partial charge in [0.2, 0.25) is 5.91 Å². The minimum absolute atomic E-state index is 0.0693. The van der Waals surface area contributed by atoms with Gasteiger partial charge in [-0.2, -0.15) is 0 Å². The van der Waals surface area contributed by atoms with Crippen LogP contribution in [0.5, 0.6) is 0 Å². The molecule has 0 atom stereocenters. The summed E-state index contributed by atoms with van der Waals surface area (Å²) in [4.78, 5) is 36.8. The Hall–Kier alpha value is -3.94. The number of hydrogen-bond donors (Lipinski definition) is 0. The van der Waals surface area contributed by atoms with Gasteiger partial charge in [-0.3, -0.25) is 19.5 Å². The molecule has 0 unspecified atom stereocenters. The highest BCUT2D eigenvalue weighted by Gasteiger charge is 2.19. The lowest BCUT2D eigenvalue weighted by atomic mass is 10.1. The molecular weight excluding hydrogens is 362 g/mol. The van der Waals surface area contributed by atoms with E-state index in [0.29, 0.717) is 5.52 Å². The highest BCUT2D eigenvalue weighted by atomic mass is 16.6. The molecule has 0 N–H and O–H groups in total. The Bertz CT molecular complexity index is 1280. The first-order valence-electron chi connectivity index (χ1n) is 8.48. The number of benzene rings is 3. The van der Waals surface area contributed by atoms with Gasteiger partial charge in [-0.1, -0.05) is 36.4 Å². The predicted molar refractivity (Wildman–Crippen MR) is 104 cm³/mol. The minimum atomic E-state index is -0.741. The molecule has 140 valence electrons. The number of likely N-dealkylation sites (N-methyl/N-ethyl adjacent to an activating group) is 1. The molecule has 0 radical (unpaired) electrons. The summed E-state index contributed by atoms with van der Waals surface area (Å²) < 4.78 is 6.25. The molecule has 0 aliphatic rings. The number of non-ortho nitro benzene ring substituents is 1. The van der Waals surface area contributed by atoms with Gasteiger partial charge in [-0.25, -0.2) is 4.79 Å². The molecule has 8 nitrogen and oxygen atoms in total. The zero-order valence-corrected chi connectivity index (χ0v) is 14.9. The van der Waals surface area contributed by atoms with E-state index in [1.54, 1.807) is 7.05 Å². The number of anilines is 1. The quantitative estimate of drug-likeness (QED) is 0.401. The van der Waals surface area contributed by atoms with E-state index in [0.717, 1.165) is 16.5 Å². The summed E-state index contributed by atoms with van der Waals surface area (Å²) >= 11 is 0. The Labute approximate surface area is 158 Å². The fourth-order valence-electron chi connectivity index (χ4n) is 3.19. The summed E-state index contributed by atoms with van der Waals surface area (Å²) in [5.74, 6) is -1.06. The second kappa shape index (κ2) is 6.66. The smallest absolute Gasteiger partial charge is 0.407 e. The van der Waals surface area contributed by atoms with Crippen molar-refractivity contribution in [1.29, 1.82) is 0 Å². The number of nitrogens with zero attached hydrogens (tertiary/aromatic N) is 3. The van der Waals surface area contributed by atoms with Crippen LogP contribution >= 0.6 is 0 Å². The van der Waals surface area contributed by atoms with Gasteiger partial charge in [0.05, 0.1) is 22.2 Å². The van der Waals surface area contributed by atoms with E-state index in [4.69, 9.17) is 4.42 Å². The first-order chi connectivity index (χ1) is 13.5. The number of oxazole rings is 1. The lowest BCUT2D eigenvalue weighted by molar-refractivity contribution is -0.384. The van der Waals surface area contributed by atoms with Crippen LogP contribution in [0, 0.1) is 10.1 Å². The van der Waals surface area contributed by atoms with E-state index < -0.39 is 10.7 Å². The van der Waals surface area contributed by atoms with Gasteiger partial charge in [-0.05, 0) is 17.5 Å². The van der Waals surface area contributed by atoms with E-state index >= 15 is 0 Å². The molecule has 0 spiro atoms. The van der Waals surface area contributed by atoms with Crippen molar-refractivity contribution in [3.05, 3.63) is 81.3 Å². The number of aromatic nitrogens is 1. The molecule has 0 saturated heterocycles. The first-order valence-corrected chi connectivity index (χ1v) is 8.48. The number of carbonyl (C=O) groups is 1. The summed E-state index contributed by atoms with van der Waals surface area (Å²) in [6.07, 6.45) is 0. The standard InChI is InChI=1S/C20H15N3O5/c1-21(16-8-4-6-13-5-2-3-7-15(13)16)19(24)12-22-17-10-9-14(23(26)27)11-18(17)28-20(22)25/h2-11H,12H2,1H3. The Morgan fingerprint density at radius 2 is 1.89 bits per heavy atom. The van der Waals surface area contributed by atoms with Gasteiger partial charge in [-0.15, -0.1) is 0 Å². The monoisotopic (exact) mass is 377 g/mol. The molecule has 0 saturated carbocycles. The third-order valence-electron chi connectivity index (χ3n) is 4.66. The van der Waals surface area contributed by atoms with Crippen LogP contribution in [-0.4, -0.2) is 22.4 Å². The number of amides is 1. The molecule has 0 aliphatic heterocycles. The molecule has 1 aromatic heterocycles. The minimum Gasteiger partial charge on any atom is -0.407 e. The van der Waals surface area contributed by atoms with Crippen molar-refractivity contribution in [1.82, 2.24) is 4.57 Å². The van der Waals surface area contributed by atoms with Crippen LogP contribution in [0.1, 0.15) is 0 Å². The Morgan fingerprint density at radius 1 is 1.14 bits per heavy atom. The molecule has 8 heteroatoms. The van der Waals surface area contributed by atoms with Gasteiger partial charge in [0.15, 0.2) is 5.58 Å². The summed E-state index contributed by atoms with van der Waals surface area (Å²) in [7, 11) is 1.64. The number of fused-ring (bicyclic) bond motifs is 2. The molecule has 1 heterocycles. The SMILES string of the molecule is CN(C(=O)Cn1c(=O)oc2cc([N+](=O)[O-])ccc21)c1cccc2ccccc12. The van der Waals surface area contributed by atoms with E-state index in [1.165, 1.54) is 27.7 Å². The highest BCUT2D eigenvalue weighted by molar-refractivity contribution is 6.03. The van der Waals surface area contributed by atoms with Crippen molar-refractivity contribution in [2.24, 2.45) is 0 Å². The largest absolute Gasteiger partial charge is 0.420 e. The number of nitro groups is 1. The lowest BCUT2D eigenvalue weighted by Crippen LogP contribution is -2.32.